The van der Waals surface area contributed by atoms with Crippen molar-refractivity contribution in [3.8, 4) is 11.6 Å². The van der Waals surface area contributed by atoms with Crippen molar-refractivity contribution in [2.75, 3.05) is 14.2 Å². The van der Waals surface area contributed by atoms with E-state index < -0.39 is 0 Å². The molecule has 1 fully saturated rings. The number of aryl methyl sites for hydroxylation is 1. The third-order valence-corrected chi connectivity index (χ3v) is 4.92. The van der Waals surface area contributed by atoms with E-state index in [1.54, 1.807) is 32.5 Å². The maximum atomic E-state index is 13.0. The first-order valence-electron chi connectivity index (χ1n) is 8.66. The number of benzene rings is 1. The first kappa shape index (κ1) is 18.2. The van der Waals surface area contributed by atoms with E-state index >= 15 is 0 Å². The Balaban J connectivity index is 1.87. The number of aliphatic hydroxyl groups excluding tert-OH is 1. The Labute approximate surface area is 153 Å². The van der Waals surface area contributed by atoms with Crippen LogP contribution in [0.3, 0.4) is 0 Å². The van der Waals surface area contributed by atoms with Crippen molar-refractivity contribution in [1.29, 1.82) is 0 Å². The lowest BCUT2D eigenvalue weighted by Crippen LogP contribution is -2.41. The molecule has 1 heterocycles. The number of nitrogens with zero attached hydrogens (tertiary/aromatic N) is 1. The number of methoxy groups -OCH3 is 2. The summed E-state index contributed by atoms with van der Waals surface area (Å²) in [4.78, 5) is 17.2. The summed E-state index contributed by atoms with van der Waals surface area (Å²) in [6.45, 7) is 1.88. The number of hydrogen-bond acceptors (Lipinski definition) is 5. The Morgan fingerprint density at radius 2 is 2.00 bits per heavy atom. The molecule has 1 amide bonds. The van der Waals surface area contributed by atoms with Crippen LogP contribution < -0.4 is 14.8 Å². The van der Waals surface area contributed by atoms with Crippen LogP contribution in [-0.2, 0) is 0 Å². The fourth-order valence-electron chi connectivity index (χ4n) is 3.39. The minimum atomic E-state index is -0.307. The molecule has 1 aliphatic rings. The van der Waals surface area contributed by atoms with Crippen LogP contribution in [0.4, 0.5) is 0 Å². The average Bonchev–Trinajstić information content (AvgIpc) is 2.63. The predicted molar refractivity (Wildman–Crippen MR) is 97.5 cm³/mol. The molecule has 3 rings (SSSR count). The summed E-state index contributed by atoms with van der Waals surface area (Å²) in [5.74, 6) is 1.04. The fraction of sp³-hybridized carbons (Fsp3) is 0.400. The second-order valence-corrected chi connectivity index (χ2v) is 6.62. The SMILES string of the molecule is COc1ccc(C(NC(=O)c2c(C)cccc2OC)C2CC(O)C2)cn1. The smallest absolute Gasteiger partial charge is 0.255 e. The van der Waals surface area contributed by atoms with Gasteiger partial charge in [-0.2, -0.15) is 0 Å². The second-order valence-electron chi connectivity index (χ2n) is 6.62. The minimum absolute atomic E-state index is 0.166. The lowest BCUT2D eigenvalue weighted by atomic mass is 9.75. The van der Waals surface area contributed by atoms with Gasteiger partial charge in [-0.25, -0.2) is 4.98 Å². The highest BCUT2D eigenvalue weighted by Crippen LogP contribution is 2.38. The maximum Gasteiger partial charge on any atom is 0.255 e. The molecule has 0 bridgehead atoms. The van der Waals surface area contributed by atoms with Crippen molar-refractivity contribution in [2.24, 2.45) is 5.92 Å². The number of carbonyl (C=O) groups is 1. The third-order valence-electron chi connectivity index (χ3n) is 4.92. The Kier molecular flexibility index (Phi) is 5.42. The minimum Gasteiger partial charge on any atom is -0.496 e. The number of aromatic nitrogens is 1. The molecule has 0 saturated heterocycles. The van der Waals surface area contributed by atoms with Crippen molar-refractivity contribution in [2.45, 2.75) is 31.9 Å². The van der Waals surface area contributed by atoms with Gasteiger partial charge in [0.1, 0.15) is 5.75 Å². The maximum absolute atomic E-state index is 13.0. The fourth-order valence-corrected chi connectivity index (χ4v) is 3.39. The van der Waals surface area contributed by atoms with Crippen molar-refractivity contribution < 1.29 is 19.4 Å². The monoisotopic (exact) mass is 356 g/mol. The van der Waals surface area contributed by atoms with Gasteiger partial charge in [0, 0.05) is 12.3 Å². The van der Waals surface area contributed by atoms with Gasteiger partial charge in [-0.05, 0) is 42.9 Å². The van der Waals surface area contributed by atoms with Gasteiger partial charge in [0.05, 0.1) is 31.9 Å². The van der Waals surface area contributed by atoms with Crippen LogP contribution in [0.5, 0.6) is 11.6 Å². The molecule has 138 valence electrons. The number of nitrogens with one attached hydrogen (secondary N) is 1. The molecule has 1 aliphatic carbocycles. The summed E-state index contributed by atoms with van der Waals surface area (Å²) < 4.78 is 10.5. The highest BCUT2D eigenvalue weighted by Gasteiger charge is 2.36. The zero-order chi connectivity index (χ0) is 18.7. The van der Waals surface area contributed by atoms with Gasteiger partial charge < -0.3 is 19.9 Å². The van der Waals surface area contributed by atoms with Crippen LogP contribution >= 0.6 is 0 Å². The van der Waals surface area contributed by atoms with Crippen molar-refractivity contribution in [1.82, 2.24) is 10.3 Å². The van der Waals surface area contributed by atoms with Crippen LogP contribution in [0, 0.1) is 12.8 Å². The number of carbonyl (C=O) groups excluding carboxylic acids is 1. The molecule has 1 saturated carbocycles. The molecule has 2 aromatic rings. The van der Waals surface area contributed by atoms with Gasteiger partial charge in [-0.15, -0.1) is 0 Å². The van der Waals surface area contributed by atoms with Crippen LogP contribution in [0.1, 0.15) is 40.4 Å². The van der Waals surface area contributed by atoms with Gasteiger partial charge in [0.25, 0.3) is 5.91 Å². The number of hydrogen-bond donors (Lipinski definition) is 2. The van der Waals surface area contributed by atoms with Gasteiger partial charge in [0.2, 0.25) is 5.88 Å². The van der Waals surface area contributed by atoms with Gasteiger partial charge in [-0.1, -0.05) is 18.2 Å². The first-order valence-corrected chi connectivity index (χ1v) is 8.66. The lowest BCUT2D eigenvalue weighted by molar-refractivity contribution is 0.0234. The lowest BCUT2D eigenvalue weighted by Gasteiger charge is -2.38. The molecule has 1 aromatic carbocycles. The molecule has 1 aromatic heterocycles. The zero-order valence-corrected chi connectivity index (χ0v) is 15.2. The Bertz CT molecular complexity index is 770. The molecule has 26 heavy (non-hydrogen) atoms. The summed E-state index contributed by atoms with van der Waals surface area (Å²) in [6.07, 6.45) is 2.71. The van der Waals surface area contributed by atoms with E-state index in [9.17, 15) is 9.90 Å². The van der Waals surface area contributed by atoms with E-state index in [2.05, 4.69) is 10.3 Å². The van der Waals surface area contributed by atoms with E-state index in [1.165, 1.54) is 0 Å². The summed E-state index contributed by atoms with van der Waals surface area (Å²) >= 11 is 0. The molecular weight excluding hydrogens is 332 g/mol. The molecule has 1 unspecified atom stereocenters. The molecule has 1 atom stereocenters. The van der Waals surface area contributed by atoms with Crippen molar-refractivity contribution >= 4 is 5.91 Å². The van der Waals surface area contributed by atoms with E-state index in [4.69, 9.17) is 9.47 Å². The summed E-state index contributed by atoms with van der Waals surface area (Å²) in [7, 11) is 3.12. The van der Waals surface area contributed by atoms with E-state index in [0.29, 0.717) is 30.0 Å². The molecule has 6 nitrogen and oxygen atoms in total. The number of pyridine rings is 1. The Hall–Kier alpha value is -2.60. The number of amides is 1. The Morgan fingerprint density at radius 3 is 2.58 bits per heavy atom. The highest BCUT2D eigenvalue weighted by molar-refractivity contribution is 5.98. The number of rotatable bonds is 6. The predicted octanol–water partition coefficient (Wildman–Crippen LogP) is 2.65. The van der Waals surface area contributed by atoms with E-state index in [0.717, 1.165) is 11.1 Å². The largest absolute Gasteiger partial charge is 0.496 e. The summed E-state index contributed by atoms with van der Waals surface area (Å²) in [6, 6.07) is 8.97. The third kappa shape index (κ3) is 3.65. The molecule has 0 aliphatic heterocycles. The van der Waals surface area contributed by atoms with Gasteiger partial charge >= 0.3 is 0 Å². The molecular formula is C20H24N2O4. The Morgan fingerprint density at radius 1 is 1.23 bits per heavy atom. The highest BCUT2D eigenvalue weighted by atomic mass is 16.5. The first-order chi connectivity index (χ1) is 12.5. The standard InChI is InChI=1S/C20H24N2O4/c1-12-5-4-6-16(25-2)18(12)20(24)22-19(14-9-15(23)10-14)13-7-8-17(26-3)21-11-13/h4-8,11,14-15,19,23H,9-10H2,1-3H3,(H,22,24). The number of aliphatic hydroxyl groups is 1. The van der Waals surface area contributed by atoms with E-state index in [1.807, 2.05) is 25.1 Å². The van der Waals surface area contributed by atoms with Crippen LogP contribution in [0.2, 0.25) is 0 Å². The topological polar surface area (TPSA) is 80.7 Å². The number of ether oxygens (including phenoxy) is 2. The van der Waals surface area contributed by atoms with Crippen molar-refractivity contribution in [3.63, 3.8) is 0 Å². The van der Waals surface area contributed by atoms with Crippen LogP contribution in [0.25, 0.3) is 0 Å². The second kappa shape index (κ2) is 7.74. The molecule has 0 radical (unpaired) electrons. The van der Waals surface area contributed by atoms with E-state index in [-0.39, 0.29) is 24.0 Å². The average molecular weight is 356 g/mol. The quantitative estimate of drug-likeness (QED) is 0.832. The van der Waals surface area contributed by atoms with Crippen LogP contribution in [0.15, 0.2) is 36.5 Å². The van der Waals surface area contributed by atoms with Crippen molar-refractivity contribution in [3.05, 3.63) is 53.2 Å². The van der Waals surface area contributed by atoms with Gasteiger partial charge in [-0.3, -0.25) is 4.79 Å². The molecule has 6 heteroatoms. The molecule has 0 spiro atoms. The van der Waals surface area contributed by atoms with Gasteiger partial charge in [0.15, 0.2) is 0 Å². The summed E-state index contributed by atoms with van der Waals surface area (Å²) in [5, 5.41) is 12.8. The summed E-state index contributed by atoms with van der Waals surface area (Å²) in [5.41, 5.74) is 2.27. The normalized spacial score (nSPS) is 20.0. The molecule has 2 N–H and O–H groups in total. The zero-order valence-electron chi connectivity index (χ0n) is 15.2. The van der Waals surface area contributed by atoms with Crippen LogP contribution in [-0.4, -0.2) is 36.3 Å².